The fraction of sp³-hybridized carbons (Fsp3) is 0.733. The van der Waals surface area contributed by atoms with Crippen LogP contribution in [0.25, 0.3) is 0 Å². The van der Waals surface area contributed by atoms with Crippen LogP contribution in [0.5, 0.6) is 0 Å². The maximum atomic E-state index is 11.8. The summed E-state index contributed by atoms with van der Waals surface area (Å²) in [6.07, 6.45) is 0. The van der Waals surface area contributed by atoms with Crippen LogP contribution in [0.15, 0.2) is 4.52 Å². The van der Waals surface area contributed by atoms with E-state index in [-0.39, 0.29) is 11.9 Å². The molecule has 0 radical (unpaired) electrons. The lowest BCUT2D eigenvalue weighted by Crippen LogP contribution is -2.44. The maximum Gasteiger partial charge on any atom is 0.314 e. The smallest absolute Gasteiger partial charge is 0.314 e. The summed E-state index contributed by atoms with van der Waals surface area (Å²) in [5.74, 6) is 0.996. The second-order valence-electron chi connectivity index (χ2n) is 5.73. The Hall–Kier alpha value is -1.60. The minimum absolute atomic E-state index is 0.133. The Morgan fingerprint density at radius 1 is 1.32 bits per heavy atom. The molecule has 1 aromatic heterocycles. The lowest BCUT2D eigenvalue weighted by molar-refractivity contribution is 0.0387. The highest BCUT2D eigenvalue weighted by Crippen LogP contribution is 2.22. The number of urea groups is 1. The van der Waals surface area contributed by atoms with Gasteiger partial charge in [0, 0.05) is 44.2 Å². The average Bonchev–Trinajstić information content (AvgIpc) is 2.85. The lowest BCUT2D eigenvalue weighted by atomic mass is 10.00. The molecule has 0 saturated carbocycles. The number of ether oxygens (including phenoxy) is 1. The first kappa shape index (κ1) is 16.8. The van der Waals surface area contributed by atoms with E-state index in [1.165, 1.54) is 0 Å². The molecular formula is C15H26N4O3. The first-order chi connectivity index (χ1) is 10.6. The van der Waals surface area contributed by atoms with Crippen LogP contribution in [0.2, 0.25) is 0 Å². The number of hydrogen-bond donors (Lipinski definition) is 2. The average molecular weight is 310 g/mol. The highest BCUT2D eigenvalue weighted by Gasteiger charge is 2.17. The number of nitrogens with zero attached hydrogens (tertiary/aromatic N) is 2. The molecule has 124 valence electrons. The summed E-state index contributed by atoms with van der Waals surface area (Å²) in [5, 5.41) is 9.74. The van der Waals surface area contributed by atoms with E-state index in [1.54, 1.807) is 0 Å². The van der Waals surface area contributed by atoms with E-state index < -0.39 is 0 Å². The van der Waals surface area contributed by atoms with Crippen molar-refractivity contribution in [2.45, 2.75) is 26.7 Å². The molecule has 1 aromatic rings. The zero-order valence-corrected chi connectivity index (χ0v) is 13.6. The first-order valence-electron chi connectivity index (χ1n) is 7.82. The van der Waals surface area contributed by atoms with E-state index in [4.69, 9.17) is 9.26 Å². The van der Waals surface area contributed by atoms with Crippen molar-refractivity contribution in [1.29, 1.82) is 0 Å². The summed E-state index contributed by atoms with van der Waals surface area (Å²) in [5.41, 5.74) is 1.97. The predicted molar refractivity (Wildman–Crippen MR) is 83.1 cm³/mol. The number of morpholine rings is 1. The Balaban J connectivity index is 1.65. The van der Waals surface area contributed by atoms with E-state index in [2.05, 4.69) is 27.6 Å². The van der Waals surface area contributed by atoms with Gasteiger partial charge in [-0.15, -0.1) is 0 Å². The zero-order valence-electron chi connectivity index (χ0n) is 13.6. The molecule has 0 bridgehead atoms. The monoisotopic (exact) mass is 310 g/mol. The molecule has 0 aromatic carbocycles. The molecule has 0 spiro atoms. The largest absolute Gasteiger partial charge is 0.379 e. The van der Waals surface area contributed by atoms with Gasteiger partial charge in [0.25, 0.3) is 0 Å². The standard InChI is InChI=1S/C15H26N4O3/c1-11(14-12(2)18-22-13(14)3)10-17-15(20)16-4-5-19-6-8-21-9-7-19/h11H,4-10H2,1-3H3,(H2,16,17,20)/t11-/m0/s1. The topological polar surface area (TPSA) is 79.6 Å². The molecule has 2 amide bonds. The van der Waals surface area contributed by atoms with Gasteiger partial charge in [0.2, 0.25) is 0 Å². The van der Waals surface area contributed by atoms with Gasteiger partial charge < -0.3 is 19.9 Å². The van der Waals surface area contributed by atoms with Crippen molar-refractivity contribution in [3.63, 3.8) is 0 Å². The van der Waals surface area contributed by atoms with Crippen molar-refractivity contribution in [3.05, 3.63) is 17.0 Å². The second-order valence-corrected chi connectivity index (χ2v) is 5.73. The zero-order chi connectivity index (χ0) is 15.9. The molecule has 1 fully saturated rings. The Morgan fingerprint density at radius 3 is 2.68 bits per heavy atom. The van der Waals surface area contributed by atoms with E-state index >= 15 is 0 Å². The maximum absolute atomic E-state index is 11.8. The molecule has 22 heavy (non-hydrogen) atoms. The number of carbonyl (C=O) groups is 1. The third kappa shape index (κ3) is 4.71. The van der Waals surface area contributed by atoms with Gasteiger partial charge in [0.05, 0.1) is 18.9 Å². The van der Waals surface area contributed by atoms with Crippen molar-refractivity contribution >= 4 is 6.03 Å². The van der Waals surface area contributed by atoms with Crippen LogP contribution in [0, 0.1) is 13.8 Å². The summed E-state index contributed by atoms with van der Waals surface area (Å²) in [6, 6.07) is -0.133. The molecule has 0 aliphatic carbocycles. The van der Waals surface area contributed by atoms with Gasteiger partial charge in [-0.2, -0.15) is 0 Å². The summed E-state index contributed by atoms with van der Waals surface area (Å²) in [7, 11) is 0. The molecule has 2 N–H and O–H groups in total. The van der Waals surface area contributed by atoms with Gasteiger partial charge >= 0.3 is 6.03 Å². The summed E-state index contributed by atoms with van der Waals surface area (Å²) < 4.78 is 10.5. The minimum atomic E-state index is -0.133. The quantitative estimate of drug-likeness (QED) is 0.820. The number of amides is 2. The predicted octanol–water partition coefficient (Wildman–Crippen LogP) is 1.03. The molecule has 1 saturated heterocycles. The first-order valence-corrected chi connectivity index (χ1v) is 7.82. The van der Waals surface area contributed by atoms with Crippen LogP contribution >= 0.6 is 0 Å². The highest BCUT2D eigenvalue weighted by molar-refractivity contribution is 5.73. The Morgan fingerprint density at radius 2 is 2.05 bits per heavy atom. The van der Waals surface area contributed by atoms with E-state index in [0.717, 1.165) is 49.9 Å². The number of aryl methyl sites for hydroxylation is 2. The fourth-order valence-electron chi connectivity index (χ4n) is 2.76. The van der Waals surface area contributed by atoms with Crippen LogP contribution in [0.3, 0.4) is 0 Å². The summed E-state index contributed by atoms with van der Waals surface area (Å²) >= 11 is 0. The van der Waals surface area contributed by atoms with Gasteiger partial charge in [0.1, 0.15) is 5.76 Å². The van der Waals surface area contributed by atoms with Gasteiger partial charge in [0.15, 0.2) is 0 Å². The fourth-order valence-corrected chi connectivity index (χ4v) is 2.76. The Labute approximate surface area is 131 Å². The number of aromatic nitrogens is 1. The third-order valence-electron chi connectivity index (χ3n) is 3.97. The van der Waals surface area contributed by atoms with E-state index in [9.17, 15) is 4.79 Å². The molecule has 0 unspecified atom stereocenters. The normalized spacial score (nSPS) is 17.2. The van der Waals surface area contributed by atoms with Crippen molar-refractivity contribution in [1.82, 2.24) is 20.7 Å². The van der Waals surface area contributed by atoms with Gasteiger partial charge in [-0.05, 0) is 13.8 Å². The van der Waals surface area contributed by atoms with Gasteiger partial charge in [-0.3, -0.25) is 4.90 Å². The van der Waals surface area contributed by atoms with E-state index in [0.29, 0.717) is 13.1 Å². The summed E-state index contributed by atoms with van der Waals surface area (Å²) in [4.78, 5) is 14.1. The van der Waals surface area contributed by atoms with Crippen molar-refractivity contribution in [2.24, 2.45) is 0 Å². The third-order valence-corrected chi connectivity index (χ3v) is 3.97. The Bertz CT molecular complexity index is 464. The SMILES string of the molecule is Cc1noc(C)c1[C@@H](C)CNC(=O)NCCN1CCOCC1. The number of rotatable bonds is 6. The van der Waals surface area contributed by atoms with Crippen LogP contribution < -0.4 is 10.6 Å². The van der Waals surface area contributed by atoms with Crippen molar-refractivity contribution in [2.75, 3.05) is 45.9 Å². The molecule has 2 rings (SSSR count). The molecule has 1 aliphatic heterocycles. The molecular weight excluding hydrogens is 284 g/mol. The highest BCUT2D eigenvalue weighted by atomic mass is 16.5. The second kappa shape index (κ2) is 8.14. The molecule has 2 heterocycles. The molecule has 1 aliphatic rings. The van der Waals surface area contributed by atoms with Gasteiger partial charge in [-0.1, -0.05) is 12.1 Å². The van der Waals surface area contributed by atoms with Crippen LogP contribution in [-0.2, 0) is 4.74 Å². The number of carbonyl (C=O) groups excluding carboxylic acids is 1. The minimum Gasteiger partial charge on any atom is -0.379 e. The van der Waals surface area contributed by atoms with Crippen LogP contribution in [-0.4, -0.2) is 62.0 Å². The van der Waals surface area contributed by atoms with Crippen LogP contribution in [0.1, 0.15) is 29.9 Å². The van der Waals surface area contributed by atoms with Crippen molar-refractivity contribution < 1.29 is 14.1 Å². The molecule has 7 nitrogen and oxygen atoms in total. The number of hydrogen-bond acceptors (Lipinski definition) is 5. The van der Waals surface area contributed by atoms with Gasteiger partial charge in [-0.25, -0.2) is 4.79 Å². The van der Waals surface area contributed by atoms with Crippen LogP contribution in [0.4, 0.5) is 4.79 Å². The van der Waals surface area contributed by atoms with E-state index in [1.807, 2.05) is 13.8 Å². The number of nitrogens with one attached hydrogen (secondary N) is 2. The molecule has 1 atom stereocenters. The summed E-state index contributed by atoms with van der Waals surface area (Å²) in [6.45, 7) is 11.4. The Kier molecular flexibility index (Phi) is 6.21. The molecule has 7 heteroatoms. The van der Waals surface area contributed by atoms with Crippen molar-refractivity contribution in [3.8, 4) is 0 Å². The lowest BCUT2D eigenvalue weighted by Gasteiger charge is -2.26.